The molecule has 2 aliphatic rings. The van der Waals surface area contributed by atoms with E-state index in [2.05, 4.69) is 25.8 Å². The Morgan fingerprint density at radius 2 is 1.88 bits per heavy atom. The van der Waals surface area contributed by atoms with E-state index in [1.54, 1.807) is 6.92 Å². The number of anilines is 1. The summed E-state index contributed by atoms with van der Waals surface area (Å²) in [6, 6.07) is 17.9. The molecule has 2 aromatic carbocycles. The van der Waals surface area contributed by atoms with Gasteiger partial charge in [-0.3, -0.25) is 14.4 Å². The number of terminal acetylenes is 1. The topological polar surface area (TPSA) is 149 Å². The summed E-state index contributed by atoms with van der Waals surface area (Å²) in [7, 11) is 0. The Hall–Kier alpha value is -4.41. The number of carbonyl (C=O) groups excluding carboxylic acids is 3. The number of nitrogens with zero attached hydrogens (tertiary/aromatic N) is 4. The van der Waals surface area contributed by atoms with Crippen molar-refractivity contribution in [1.82, 2.24) is 19.6 Å². The molecular formula is C28H26N6O5S2. The summed E-state index contributed by atoms with van der Waals surface area (Å²) < 4.78 is 10.1. The van der Waals surface area contributed by atoms with E-state index < -0.39 is 34.8 Å². The largest absolute Gasteiger partial charge is 0.451 e. The normalized spacial score (nSPS) is 21.8. The lowest BCUT2D eigenvalue weighted by Crippen LogP contribution is -2.74. The van der Waals surface area contributed by atoms with Crippen LogP contribution in [0.15, 0.2) is 65.8 Å². The molecule has 0 saturated carbocycles. The summed E-state index contributed by atoms with van der Waals surface area (Å²) in [6.45, 7) is 1.88. The molecule has 11 nitrogen and oxygen atoms in total. The van der Waals surface area contributed by atoms with E-state index in [0.29, 0.717) is 0 Å². The average Bonchev–Trinajstić information content (AvgIpc) is 3.44. The Balaban J connectivity index is 1.29. The molecule has 2 aliphatic heterocycles. The SMILES string of the molecule is C#CC1(C(=O)OC(c2ccccc2)c2ccccc2)CS[C@@H]2C(NC(=O)C(=NOCC)c3nsc(N)n3)C(=O)N2C1. The van der Waals surface area contributed by atoms with E-state index in [1.807, 2.05) is 60.7 Å². The second-order valence-corrected chi connectivity index (χ2v) is 11.2. The lowest BCUT2D eigenvalue weighted by Gasteiger charge is -2.53. The predicted molar refractivity (Wildman–Crippen MR) is 154 cm³/mol. The zero-order valence-electron chi connectivity index (χ0n) is 21.9. The summed E-state index contributed by atoms with van der Waals surface area (Å²) in [6.07, 6.45) is 5.24. The number of aromatic nitrogens is 2. The van der Waals surface area contributed by atoms with Gasteiger partial charge in [-0.25, -0.2) is 0 Å². The number of nitrogen functional groups attached to an aromatic ring is 1. The first-order valence-electron chi connectivity index (χ1n) is 12.7. The molecule has 41 heavy (non-hydrogen) atoms. The molecule has 13 heteroatoms. The minimum atomic E-state index is -1.36. The van der Waals surface area contributed by atoms with Crippen LogP contribution >= 0.6 is 23.3 Å². The Bertz CT molecular complexity index is 1470. The standard InChI is InChI=1S/C28H26N6O5S2/c1-3-28(26(37)39-21(17-11-7-5-8-12-17)18-13-9-6-10-14-18)15-34-24(36)20(25(34)40-16-28)30-23(35)19(32-38-4-2)22-31-27(29)41-33-22/h1,5-14,20-21,25H,4,15-16H2,2H3,(H,30,35)(H2,29,31,33)/t20?,25-,28?/m1/s1. The van der Waals surface area contributed by atoms with Gasteiger partial charge in [-0.05, 0) is 18.1 Å². The van der Waals surface area contributed by atoms with Gasteiger partial charge in [0.25, 0.3) is 5.91 Å². The molecule has 0 bridgehead atoms. The van der Waals surface area contributed by atoms with Crippen molar-refractivity contribution in [2.45, 2.75) is 24.4 Å². The van der Waals surface area contributed by atoms with Gasteiger partial charge in [-0.2, -0.15) is 9.36 Å². The molecule has 0 spiro atoms. The van der Waals surface area contributed by atoms with Crippen LogP contribution in [0, 0.1) is 17.8 Å². The highest BCUT2D eigenvalue weighted by atomic mass is 32.2. The Labute approximate surface area is 244 Å². The van der Waals surface area contributed by atoms with Crippen molar-refractivity contribution in [2.75, 3.05) is 24.6 Å². The van der Waals surface area contributed by atoms with Crippen LogP contribution in [0.25, 0.3) is 0 Å². The van der Waals surface area contributed by atoms with Gasteiger partial charge >= 0.3 is 5.97 Å². The summed E-state index contributed by atoms with van der Waals surface area (Å²) in [4.78, 5) is 50.4. The number of nitrogens with two attached hydrogens (primary N) is 1. The fraction of sp³-hybridized carbons (Fsp3) is 0.286. The Kier molecular flexibility index (Phi) is 8.23. The zero-order valence-corrected chi connectivity index (χ0v) is 23.6. The Morgan fingerprint density at radius 3 is 2.44 bits per heavy atom. The lowest BCUT2D eigenvalue weighted by molar-refractivity contribution is -0.161. The monoisotopic (exact) mass is 590 g/mol. The van der Waals surface area contributed by atoms with Crippen LogP contribution in [0.4, 0.5) is 5.13 Å². The maximum atomic E-state index is 13.7. The molecule has 3 aromatic rings. The van der Waals surface area contributed by atoms with Crippen molar-refractivity contribution in [3.05, 3.63) is 77.6 Å². The molecule has 3 heterocycles. The molecule has 2 unspecified atom stereocenters. The Morgan fingerprint density at radius 1 is 1.22 bits per heavy atom. The molecule has 0 radical (unpaired) electrons. The van der Waals surface area contributed by atoms with E-state index in [0.717, 1.165) is 22.7 Å². The number of nitrogens with one attached hydrogen (secondary N) is 1. The van der Waals surface area contributed by atoms with Crippen molar-refractivity contribution in [2.24, 2.45) is 10.6 Å². The van der Waals surface area contributed by atoms with Crippen LogP contribution in [0.1, 0.15) is 30.0 Å². The smallest absolute Gasteiger partial charge is 0.327 e. The number of oxime groups is 1. The number of hydrogen-bond acceptors (Lipinski definition) is 11. The molecular weight excluding hydrogens is 564 g/mol. The number of esters is 1. The van der Waals surface area contributed by atoms with Crippen LogP contribution in [0.5, 0.6) is 0 Å². The summed E-state index contributed by atoms with van der Waals surface area (Å²) in [5.41, 5.74) is 5.69. The second kappa shape index (κ2) is 12.0. The van der Waals surface area contributed by atoms with Gasteiger partial charge in [-0.15, -0.1) is 18.2 Å². The minimum Gasteiger partial charge on any atom is -0.451 e. The number of rotatable bonds is 9. The van der Waals surface area contributed by atoms with Gasteiger partial charge in [-0.1, -0.05) is 71.7 Å². The molecule has 3 N–H and O–H groups in total. The van der Waals surface area contributed by atoms with Gasteiger partial charge in [0.1, 0.15) is 18.0 Å². The minimum absolute atomic E-state index is 0.00106. The highest BCUT2D eigenvalue weighted by Gasteiger charge is 2.58. The first-order chi connectivity index (χ1) is 19.9. The van der Waals surface area contributed by atoms with Crippen molar-refractivity contribution in [1.29, 1.82) is 0 Å². The quantitative estimate of drug-likeness (QED) is 0.126. The fourth-order valence-corrected chi connectivity index (χ4v) is 6.42. The van der Waals surface area contributed by atoms with Gasteiger partial charge < -0.3 is 25.5 Å². The molecule has 2 saturated heterocycles. The maximum absolute atomic E-state index is 13.7. The van der Waals surface area contributed by atoms with Crippen LogP contribution in [0.3, 0.4) is 0 Å². The van der Waals surface area contributed by atoms with Crippen molar-refractivity contribution >= 4 is 51.9 Å². The third kappa shape index (κ3) is 5.61. The van der Waals surface area contributed by atoms with Crippen LogP contribution in [-0.4, -0.2) is 68.1 Å². The van der Waals surface area contributed by atoms with Gasteiger partial charge in [0.05, 0.1) is 6.54 Å². The first kappa shape index (κ1) is 28.1. The fourth-order valence-electron chi connectivity index (χ4n) is 4.50. The van der Waals surface area contributed by atoms with Crippen LogP contribution < -0.4 is 11.1 Å². The molecule has 2 amide bonds. The van der Waals surface area contributed by atoms with Crippen molar-refractivity contribution in [3.8, 4) is 12.3 Å². The van der Waals surface area contributed by atoms with Gasteiger partial charge in [0, 0.05) is 17.3 Å². The number of hydrogen-bond donors (Lipinski definition) is 2. The number of amides is 2. The third-order valence-electron chi connectivity index (χ3n) is 6.62. The highest BCUT2D eigenvalue weighted by Crippen LogP contribution is 2.43. The van der Waals surface area contributed by atoms with Crippen molar-refractivity contribution < 1.29 is 24.0 Å². The number of thioether (sulfide) groups is 1. The predicted octanol–water partition coefficient (Wildman–Crippen LogP) is 2.21. The molecule has 2 fully saturated rings. The third-order valence-corrected chi connectivity index (χ3v) is 8.69. The molecule has 3 atom stereocenters. The van der Waals surface area contributed by atoms with Gasteiger partial charge in [0.15, 0.2) is 16.7 Å². The van der Waals surface area contributed by atoms with E-state index >= 15 is 0 Å². The number of ether oxygens (including phenoxy) is 1. The first-order valence-corrected chi connectivity index (χ1v) is 14.5. The van der Waals surface area contributed by atoms with Crippen LogP contribution in [0.2, 0.25) is 0 Å². The maximum Gasteiger partial charge on any atom is 0.327 e. The average molecular weight is 591 g/mol. The lowest BCUT2D eigenvalue weighted by atomic mass is 9.87. The summed E-state index contributed by atoms with van der Waals surface area (Å²) in [5, 5.41) is 6.23. The summed E-state index contributed by atoms with van der Waals surface area (Å²) in [5.74, 6) is 1.15. The van der Waals surface area contributed by atoms with E-state index in [-0.39, 0.29) is 41.5 Å². The molecule has 0 aliphatic carbocycles. The summed E-state index contributed by atoms with van der Waals surface area (Å²) >= 11 is 2.21. The number of fused-ring (bicyclic) bond motifs is 1. The second-order valence-electron chi connectivity index (χ2n) is 9.27. The van der Waals surface area contributed by atoms with E-state index in [1.165, 1.54) is 16.7 Å². The van der Waals surface area contributed by atoms with Gasteiger partial charge in [0.2, 0.25) is 17.4 Å². The van der Waals surface area contributed by atoms with Crippen molar-refractivity contribution in [3.63, 3.8) is 0 Å². The highest BCUT2D eigenvalue weighted by molar-refractivity contribution is 8.00. The zero-order chi connectivity index (χ0) is 29.0. The van der Waals surface area contributed by atoms with E-state index in [4.69, 9.17) is 21.7 Å². The molecule has 1 aromatic heterocycles. The number of benzene rings is 2. The van der Waals surface area contributed by atoms with Crippen LogP contribution in [-0.2, 0) is 24.0 Å². The van der Waals surface area contributed by atoms with E-state index in [9.17, 15) is 14.4 Å². The molecule has 210 valence electrons. The molecule has 5 rings (SSSR count). The number of carbonyl (C=O) groups is 3. The number of β-lactam (4-membered cyclic amide) rings is 1.